The molecule has 1 N–H and O–H groups in total. The monoisotopic (exact) mass is 263 g/mol. The van der Waals surface area contributed by atoms with Gasteiger partial charge in [0.25, 0.3) is 0 Å². The van der Waals surface area contributed by atoms with Gasteiger partial charge < -0.3 is 10.1 Å². The maximum atomic E-state index is 5.50. The third-order valence-electron chi connectivity index (χ3n) is 3.43. The lowest BCUT2D eigenvalue weighted by Crippen LogP contribution is -2.20. The van der Waals surface area contributed by atoms with Crippen molar-refractivity contribution in [3.05, 3.63) is 22.8 Å². The van der Waals surface area contributed by atoms with Crippen molar-refractivity contribution in [1.29, 1.82) is 0 Å². The van der Waals surface area contributed by atoms with Crippen molar-refractivity contribution in [3.8, 4) is 0 Å². The first-order valence-corrected chi connectivity index (χ1v) is 7.34. The van der Waals surface area contributed by atoms with Crippen LogP contribution in [0.1, 0.15) is 49.0 Å². The Morgan fingerprint density at radius 3 is 2.47 bits per heavy atom. The number of nitrogens with zero attached hydrogens (tertiary/aromatic N) is 2. The van der Waals surface area contributed by atoms with Gasteiger partial charge in [0.2, 0.25) is 0 Å². The first kappa shape index (κ1) is 14.4. The van der Waals surface area contributed by atoms with Gasteiger partial charge in [-0.15, -0.1) is 0 Å². The Hall–Kier alpha value is -1.00. The minimum atomic E-state index is 0.524. The van der Waals surface area contributed by atoms with Gasteiger partial charge >= 0.3 is 0 Å². The molecule has 2 rings (SSSR count). The Balaban J connectivity index is 1.91. The number of aryl methyl sites for hydroxylation is 2. The van der Waals surface area contributed by atoms with Gasteiger partial charge in [0.15, 0.2) is 5.82 Å². The van der Waals surface area contributed by atoms with Gasteiger partial charge in [0, 0.05) is 24.0 Å². The van der Waals surface area contributed by atoms with Crippen LogP contribution in [0.2, 0.25) is 0 Å². The first-order valence-electron chi connectivity index (χ1n) is 7.34. The molecule has 0 aromatic carbocycles. The summed E-state index contributed by atoms with van der Waals surface area (Å²) in [5.74, 6) is 0.808. The third-order valence-corrected chi connectivity index (χ3v) is 3.43. The molecule has 0 bridgehead atoms. The minimum absolute atomic E-state index is 0.524. The molecule has 1 aliphatic rings. The lowest BCUT2D eigenvalue weighted by atomic mass is 10.1. The van der Waals surface area contributed by atoms with Crippen LogP contribution in [0.4, 0.5) is 0 Å². The van der Waals surface area contributed by atoms with Crippen LogP contribution in [0.15, 0.2) is 0 Å². The number of aromatic nitrogens is 2. The van der Waals surface area contributed by atoms with Crippen molar-refractivity contribution >= 4 is 0 Å². The maximum absolute atomic E-state index is 5.50. The highest BCUT2D eigenvalue weighted by Gasteiger charge is 2.20. The second kappa shape index (κ2) is 6.96. The molecule has 1 heterocycles. The summed E-state index contributed by atoms with van der Waals surface area (Å²) in [6, 6.07) is 0.767. The largest absolute Gasteiger partial charge is 0.373 e. The van der Waals surface area contributed by atoms with E-state index in [1.807, 2.05) is 0 Å². The summed E-state index contributed by atoms with van der Waals surface area (Å²) >= 11 is 0. The quantitative estimate of drug-likeness (QED) is 0.731. The molecule has 0 atom stereocenters. The fourth-order valence-corrected chi connectivity index (χ4v) is 2.23. The molecule has 0 radical (unpaired) electrons. The van der Waals surface area contributed by atoms with Crippen molar-refractivity contribution < 1.29 is 4.74 Å². The van der Waals surface area contributed by atoms with Gasteiger partial charge in [-0.2, -0.15) is 0 Å². The van der Waals surface area contributed by atoms with E-state index in [9.17, 15) is 0 Å². The summed E-state index contributed by atoms with van der Waals surface area (Å²) in [4.78, 5) is 9.11. The van der Waals surface area contributed by atoms with Gasteiger partial charge in [0.1, 0.15) is 6.61 Å². The van der Waals surface area contributed by atoms with E-state index >= 15 is 0 Å². The van der Waals surface area contributed by atoms with Crippen LogP contribution < -0.4 is 5.32 Å². The van der Waals surface area contributed by atoms with Crippen LogP contribution in [0.25, 0.3) is 0 Å². The fraction of sp³-hybridized carbons (Fsp3) is 0.733. The zero-order chi connectivity index (χ0) is 13.7. The summed E-state index contributed by atoms with van der Waals surface area (Å²) in [6.45, 7) is 8.58. The van der Waals surface area contributed by atoms with Gasteiger partial charge in [-0.1, -0.05) is 6.92 Å². The normalized spacial score (nSPS) is 14.9. The standard InChI is InChI=1S/C15H25N3O/c1-4-9-19-10-15-17-11(2)14(12(3)18-15)7-8-16-13-5-6-13/h13,16H,4-10H2,1-3H3. The van der Waals surface area contributed by atoms with E-state index < -0.39 is 0 Å². The molecule has 1 aromatic rings. The van der Waals surface area contributed by atoms with E-state index in [4.69, 9.17) is 4.74 Å². The highest BCUT2D eigenvalue weighted by atomic mass is 16.5. The van der Waals surface area contributed by atoms with Crippen molar-refractivity contribution in [3.63, 3.8) is 0 Å². The highest BCUT2D eigenvalue weighted by molar-refractivity contribution is 5.24. The van der Waals surface area contributed by atoms with Crippen LogP contribution in [-0.2, 0) is 17.8 Å². The molecule has 0 saturated heterocycles. The van der Waals surface area contributed by atoms with Crippen LogP contribution in [-0.4, -0.2) is 29.2 Å². The molecular formula is C15H25N3O. The van der Waals surface area contributed by atoms with Gasteiger partial charge in [-0.05, 0) is 51.6 Å². The van der Waals surface area contributed by atoms with Crippen molar-refractivity contribution in [2.24, 2.45) is 0 Å². The molecule has 19 heavy (non-hydrogen) atoms. The average Bonchev–Trinajstić information content (AvgIpc) is 3.17. The topological polar surface area (TPSA) is 47.0 Å². The van der Waals surface area contributed by atoms with Crippen molar-refractivity contribution in [2.45, 2.75) is 59.1 Å². The number of hydrogen-bond acceptors (Lipinski definition) is 4. The van der Waals surface area contributed by atoms with Crippen LogP contribution in [0.5, 0.6) is 0 Å². The average molecular weight is 263 g/mol. The lowest BCUT2D eigenvalue weighted by Gasteiger charge is -2.11. The van der Waals surface area contributed by atoms with E-state index in [2.05, 4.69) is 36.1 Å². The van der Waals surface area contributed by atoms with Gasteiger partial charge in [-0.3, -0.25) is 0 Å². The zero-order valence-electron chi connectivity index (χ0n) is 12.3. The SMILES string of the molecule is CCCOCc1nc(C)c(CCNC2CC2)c(C)n1. The Labute approximate surface area is 116 Å². The molecule has 0 aliphatic heterocycles. The fourth-order valence-electron chi connectivity index (χ4n) is 2.23. The molecule has 4 heteroatoms. The van der Waals surface area contributed by atoms with Crippen LogP contribution in [0.3, 0.4) is 0 Å². The molecular weight excluding hydrogens is 238 g/mol. The van der Waals surface area contributed by atoms with Gasteiger partial charge in [-0.25, -0.2) is 9.97 Å². The van der Waals surface area contributed by atoms with Gasteiger partial charge in [0.05, 0.1) is 0 Å². The number of hydrogen-bond donors (Lipinski definition) is 1. The summed E-state index contributed by atoms with van der Waals surface area (Å²) in [5.41, 5.74) is 3.48. The smallest absolute Gasteiger partial charge is 0.154 e. The molecule has 1 aliphatic carbocycles. The number of rotatable bonds is 8. The first-order chi connectivity index (χ1) is 9.20. The second-order valence-corrected chi connectivity index (χ2v) is 5.32. The molecule has 0 spiro atoms. The molecule has 106 valence electrons. The number of ether oxygens (including phenoxy) is 1. The summed E-state index contributed by atoms with van der Waals surface area (Å²) in [5, 5.41) is 3.54. The predicted octanol–water partition coefficient (Wildman–Crippen LogP) is 2.31. The van der Waals surface area contributed by atoms with E-state index in [0.717, 1.165) is 49.2 Å². The Morgan fingerprint density at radius 2 is 1.89 bits per heavy atom. The zero-order valence-corrected chi connectivity index (χ0v) is 12.3. The lowest BCUT2D eigenvalue weighted by molar-refractivity contribution is 0.116. The van der Waals surface area contributed by atoms with E-state index in [-0.39, 0.29) is 0 Å². The Bertz CT molecular complexity index is 393. The highest BCUT2D eigenvalue weighted by Crippen LogP contribution is 2.19. The second-order valence-electron chi connectivity index (χ2n) is 5.32. The third kappa shape index (κ3) is 4.55. The Morgan fingerprint density at radius 1 is 1.21 bits per heavy atom. The summed E-state index contributed by atoms with van der Waals surface area (Å²) in [7, 11) is 0. The predicted molar refractivity (Wildman–Crippen MR) is 76.2 cm³/mol. The summed E-state index contributed by atoms with van der Waals surface area (Å²) < 4.78 is 5.50. The number of nitrogens with one attached hydrogen (secondary N) is 1. The van der Waals surface area contributed by atoms with E-state index in [0.29, 0.717) is 6.61 Å². The molecule has 0 amide bonds. The Kier molecular flexibility index (Phi) is 5.28. The van der Waals surface area contributed by atoms with Crippen molar-refractivity contribution in [1.82, 2.24) is 15.3 Å². The van der Waals surface area contributed by atoms with E-state index in [1.165, 1.54) is 18.4 Å². The molecule has 1 fully saturated rings. The van der Waals surface area contributed by atoms with E-state index in [1.54, 1.807) is 0 Å². The molecule has 1 saturated carbocycles. The molecule has 4 nitrogen and oxygen atoms in total. The minimum Gasteiger partial charge on any atom is -0.373 e. The van der Waals surface area contributed by atoms with Crippen LogP contribution >= 0.6 is 0 Å². The molecule has 0 unspecified atom stereocenters. The maximum Gasteiger partial charge on any atom is 0.154 e. The molecule has 1 aromatic heterocycles. The summed E-state index contributed by atoms with van der Waals surface area (Å²) in [6.07, 6.45) is 4.72. The van der Waals surface area contributed by atoms with Crippen LogP contribution in [0, 0.1) is 13.8 Å². The van der Waals surface area contributed by atoms with Crippen molar-refractivity contribution in [2.75, 3.05) is 13.2 Å².